The van der Waals surface area contributed by atoms with E-state index < -0.39 is 23.3 Å². The summed E-state index contributed by atoms with van der Waals surface area (Å²) in [5.41, 5.74) is 0.341. The molecule has 0 atom stereocenters. The van der Waals surface area contributed by atoms with E-state index in [0.29, 0.717) is 6.54 Å². The minimum Gasteiger partial charge on any atom is -0.386 e. The Morgan fingerprint density at radius 3 is 2.42 bits per heavy atom. The van der Waals surface area contributed by atoms with E-state index in [0.717, 1.165) is 23.3 Å². The molecule has 0 aliphatic rings. The van der Waals surface area contributed by atoms with Crippen LogP contribution in [0.4, 0.5) is 18.9 Å². The van der Waals surface area contributed by atoms with Gasteiger partial charge in [-0.05, 0) is 24.6 Å². The number of halogens is 3. The molecule has 0 aliphatic carbocycles. The molecule has 7 heteroatoms. The molecular weight excluding hydrogens is 343 g/mol. The highest BCUT2D eigenvalue weighted by Gasteiger charge is 2.33. The van der Waals surface area contributed by atoms with E-state index in [9.17, 15) is 18.0 Å². The average molecular weight is 359 g/mol. The van der Waals surface area contributed by atoms with E-state index in [1.165, 1.54) is 18.3 Å². The van der Waals surface area contributed by atoms with Gasteiger partial charge in [0.25, 0.3) is 5.91 Å². The number of rotatable bonds is 5. The molecule has 0 bridgehead atoms. The number of hydrogen-bond acceptors (Lipinski definition) is 3. The van der Waals surface area contributed by atoms with E-state index in [2.05, 4.69) is 10.6 Å². The minimum absolute atomic E-state index is 0.325. The Morgan fingerprint density at radius 2 is 1.81 bits per heavy atom. The van der Waals surface area contributed by atoms with Crippen molar-refractivity contribution in [3.05, 3.63) is 77.0 Å². The van der Waals surface area contributed by atoms with Gasteiger partial charge in [-0.2, -0.15) is 18.4 Å². The van der Waals surface area contributed by atoms with Crippen molar-refractivity contribution >= 4 is 11.6 Å². The predicted molar refractivity (Wildman–Crippen MR) is 91.8 cm³/mol. The molecule has 2 rings (SSSR count). The Balaban J connectivity index is 2.07. The molecule has 2 aromatic carbocycles. The smallest absolute Gasteiger partial charge is 0.386 e. The first-order valence-electron chi connectivity index (χ1n) is 7.68. The number of carbonyl (C=O) groups excluding carboxylic acids is 1. The van der Waals surface area contributed by atoms with Crippen LogP contribution in [-0.2, 0) is 17.5 Å². The third-order valence-corrected chi connectivity index (χ3v) is 3.52. The van der Waals surface area contributed by atoms with Gasteiger partial charge in [0.2, 0.25) is 0 Å². The molecule has 0 unspecified atom stereocenters. The van der Waals surface area contributed by atoms with Gasteiger partial charge in [-0.15, -0.1) is 0 Å². The first-order valence-corrected chi connectivity index (χ1v) is 7.68. The Hall–Kier alpha value is -3.27. The van der Waals surface area contributed by atoms with E-state index in [1.807, 2.05) is 31.2 Å². The number of nitriles is 1. The van der Waals surface area contributed by atoms with Crippen molar-refractivity contribution in [2.24, 2.45) is 0 Å². The highest BCUT2D eigenvalue weighted by Crippen LogP contribution is 2.34. The van der Waals surface area contributed by atoms with Gasteiger partial charge in [0.15, 0.2) is 0 Å². The summed E-state index contributed by atoms with van der Waals surface area (Å²) < 4.78 is 38.9. The van der Waals surface area contributed by atoms with Crippen molar-refractivity contribution in [1.82, 2.24) is 5.32 Å². The van der Waals surface area contributed by atoms with Crippen molar-refractivity contribution in [3.63, 3.8) is 0 Å². The lowest BCUT2D eigenvalue weighted by Gasteiger charge is -2.13. The molecule has 0 saturated heterocycles. The van der Waals surface area contributed by atoms with Crippen LogP contribution < -0.4 is 10.6 Å². The number of aryl methyl sites for hydroxylation is 1. The molecule has 0 spiro atoms. The predicted octanol–water partition coefficient (Wildman–Crippen LogP) is 4.15. The Kier molecular flexibility index (Phi) is 6.02. The van der Waals surface area contributed by atoms with Crippen LogP contribution in [0.1, 0.15) is 16.7 Å². The SMILES string of the molecule is Cc1ccc(CN/C=C(/C#N)C(=O)Nc2ccccc2C(F)(F)F)cc1. The maximum absolute atomic E-state index is 13.0. The second-order valence-electron chi connectivity index (χ2n) is 5.53. The lowest BCUT2D eigenvalue weighted by atomic mass is 10.1. The van der Waals surface area contributed by atoms with Gasteiger partial charge in [0.05, 0.1) is 11.3 Å². The number of hydrogen-bond donors (Lipinski definition) is 2. The van der Waals surface area contributed by atoms with E-state index in [1.54, 1.807) is 6.07 Å². The van der Waals surface area contributed by atoms with Gasteiger partial charge in [-0.25, -0.2) is 0 Å². The third kappa shape index (κ3) is 5.11. The quantitative estimate of drug-likeness (QED) is 0.623. The summed E-state index contributed by atoms with van der Waals surface area (Å²) in [7, 11) is 0. The Morgan fingerprint density at radius 1 is 1.15 bits per heavy atom. The molecule has 0 fully saturated rings. The molecule has 2 aromatic rings. The van der Waals surface area contributed by atoms with Crippen molar-refractivity contribution < 1.29 is 18.0 Å². The van der Waals surface area contributed by atoms with E-state index in [4.69, 9.17) is 5.26 Å². The summed E-state index contributed by atoms with van der Waals surface area (Å²) in [5, 5.41) is 14.0. The number of carbonyl (C=O) groups is 1. The fourth-order valence-corrected chi connectivity index (χ4v) is 2.15. The van der Waals surface area contributed by atoms with Crippen LogP contribution >= 0.6 is 0 Å². The largest absolute Gasteiger partial charge is 0.418 e. The molecule has 2 N–H and O–H groups in total. The number of benzene rings is 2. The van der Waals surface area contributed by atoms with Gasteiger partial charge >= 0.3 is 6.18 Å². The van der Waals surface area contributed by atoms with Crippen LogP contribution in [0.3, 0.4) is 0 Å². The normalized spacial score (nSPS) is 11.6. The number of nitrogens with one attached hydrogen (secondary N) is 2. The molecule has 134 valence electrons. The number of amides is 1. The summed E-state index contributed by atoms with van der Waals surface area (Å²) in [6.07, 6.45) is -3.42. The lowest BCUT2D eigenvalue weighted by Crippen LogP contribution is -2.19. The van der Waals surface area contributed by atoms with Crippen LogP contribution in [-0.4, -0.2) is 5.91 Å². The second-order valence-corrected chi connectivity index (χ2v) is 5.53. The zero-order valence-electron chi connectivity index (χ0n) is 13.9. The number of anilines is 1. The van der Waals surface area contributed by atoms with E-state index in [-0.39, 0.29) is 5.57 Å². The zero-order valence-corrected chi connectivity index (χ0v) is 13.9. The maximum atomic E-state index is 13.0. The number of alkyl halides is 3. The third-order valence-electron chi connectivity index (χ3n) is 3.52. The van der Waals surface area contributed by atoms with E-state index >= 15 is 0 Å². The molecule has 26 heavy (non-hydrogen) atoms. The maximum Gasteiger partial charge on any atom is 0.418 e. The minimum atomic E-state index is -4.61. The van der Waals surface area contributed by atoms with Crippen LogP contribution in [0.2, 0.25) is 0 Å². The van der Waals surface area contributed by atoms with Crippen LogP contribution in [0.25, 0.3) is 0 Å². The molecule has 0 radical (unpaired) electrons. The Labute approximate surface area is 149 Å². The monoisotopic (exact) mass is 359 g/mol. The van der Waals surface area contributed by atoms with Crippen LogP contribution in [0.15, 0.2) is 60.3 Å². The Bertz CT molecular complexity index is 850. The summed E-state index contributed by atoms with van der Waals surface area (Å²) in [6.45, 7) is 2.33. The van der Waals surface area contributed by atoms with Gasteiger partial charge in [-0.3, -0.25) is 4.79 Å². The fourth-order valence-electron chi connectivity index (χ4n) is 2.15. The summed E-state index contributed by atoms with van der Waals surface area (Å²) >= 11 is 0. The topological polar surface area (TPSA) is 64.9 Å². The lowest BCUT2D eigenvalue weighted by molar-refractivity contribution is -0.137. The molecule has 0 aliphatic heterocycles. The number of para-hydroxylation sites is 1. The number of nitrogens with zero attached hydrogens (tertiary/aromatic N) is 1. The highest BCUT2D eigenvalue weighted by atomic mass is 19.4. The highest BCUT2D eigenvalue weighted by molar-refractivity contribution is 6.06. The summed E-state index contributed by atoms with van der Waals surface area (Å²) in [4.78, 5) is 12.1. The van der Waals surface area contributed by atoms with Crippen molar-refractivity contribution in [2.45, 2.75) is 19.6 Å². The molecular formula is C19H16F3N3O. The average Bonchev–Trinajstić information content (AvgIpc) is 2.60. The van der Waals surface area contributed by atoms with Crippen LogP contribution in [0.5, 0.6) is 0 Å². The van der Waals surface area contributed by atoms with Crippen molar-refractivity contribution in [3.8, 4) is 6.07 Å². The first-order chi connectivity index (χ1) is 12.3. The van der Waals surface area contributed by atoms with Crippen molar-refractivity contribution in [1.29, 1.82) is 5.26 Å². The van der Waals surface area contributed by atoms with Gasteiger partial charge in [-0.1, -0.05) is 42.0 Å². The second kappa shape index (κ2) is 8.21. The fraction of sp³-hybridized carbons (Fsp3) is 0.158. The molecule has 0 aromatic heterocycles. The van der Waals surface area contributed by atoms with Gasteiger partial charge in [0, 0.05) is 12.7 Å². The summed E-state index contributed by atoms with van der Waals surface area (Å²) in [5.74, 6) is -0.916. The molecule has 1 amide bonds. The molecule has 0 heterocycles. The molecule has 0 saturated carbocycles. The van der Waals surface area contributed by atoms with Gasteiger partial charge in [0.1, 0.15) is 11.6 Å². The van der Waals surface area contributed by atoms with Gasteiger partial charge < -0.3 is 10.6 Å². The summed E-state index contributed by atoms with van der Waals surface area (Å²) in [6, 6.07) is 13.9. The zero-order chi connectivity index (χ0) is 19.2. The standard InChI is InChI=1S/C19H16F3N3O/c1-13-6-8-14(9-7-13)11-24-12-15(10-23)18(26)25-17-5-3-2-4-16(17)19(20,21)22/h2-9,12,24H,11H2,1H3,(H,25,26)/b15-12-. The first kappa shape index (κ1) is 19.1. The van der Waals surface area contributed by atoms with Crippen molar-refractivity contribution in [2.75, 3.05) is 5.32 Å². The molecule has 4 nitrogen and oxygen atoms in total. The van der Waals surface area contributed by atoms with Crippen LogP contribution in [0, 0.1) is 18.3 Å².